The van der Waals surface area contributed by atoms with Crippen molar-refractivity contribution in [3.05, 3.63) is 33.9 Å². The van der Waals surface area contributed by atoms with Gasteiger partial charge in [0.1, 0.15) is 5.69 Å². The Bertz CT molecular complexity index is 612. The van der Waals surface area contributed by atoms with E-state index in [1.165, 1.54) is 6.07 Å². The topological polar surface area (TPSA) is 102 Å². The predicted octanol–water partition coefficient (Wildman–Crippen LogP) is 1.80. The van der Waals surface area contributed by atoms with Crippen LogP contribution in [0.2, 0.25) is 0 Å². The number of amides is 1. The summed E-state index contributed by atoms with van der Waals surface area (Å²) < 4.78 is 0. The van der Waals surface area contributed by atoms with Crippen LogP contribution in [0, 0.1) is 16.0 Å². The van der Waals surface area contributed by atoms with E-state index in [-0.39, 0.29) is 16.4 Å². The first-order chi connectivity index (χ1) is 10.4. The Hall–Kier alpha value is -2.22. The van der Waals surface area contributed by atoms with Crippen LogP contribution in [0.25, 0.3) is 0 Å². The van der Waals surface area contributed by atoms with Gasteiger partial charge in [-0.1, -0.05) is 6.92 Å². The van der Waals surface area contributed by atoms with Crippen molar-refractivity contribution in [1.29, 1.82) is 0 Å². The Morgan fingerprint density at radius 1 is 1.45 bits per heavy atom. The van der Waals surface area contributed by atoms with E-state index in [0.29, 0.717) is 11.6 Å². The molecule has 1 saturated heterocycles. The summed E-state index contributed by atoms with van der Waals surface area (Å²) in [6.07, 6.45) is 2.00. The van der Waals surface area contributed by atoms with Gasteiger partial charge in [0.15, 0.2) is 5.11 Å². The Morgan fingerprint density at radius 2 is 2.09 bits per heavy atom. The molecule has 1 aliphatic heterocycles. The van der Waals surface area contributed by atoms with Crippen LogP contribution in [0.4, 0.5) is 11.4 Å². The number of nitro groups is 1. The number of carbonyl (C=O) groups is 1. The zero-order chi connectivity index (χ0) is 16.3. The fourth-order valence-corrected chi connectivity index (χ4v) is 2.60. The highest BCUT2D eigenvalue weighted by atomic mass is 32.1. The second kappa shape index (κ2) is 6.69. The van der Waals surface area contributed by atoms with Crippen molar-refractivity contribution in [1.82, 2.24) is 5.32 Å². The third-order valence-electron chi connectivity index (χ3n) is 3.80. The normalized spacial score (nSPS) is 15.4. The molecule has 1 aliphatic rings. The number of thiocarbonyl (C=S) groups is 1. The Labute approximate surface area is 133 Å². The van der Waals surface area contributed by atoms with Crippen LogP contribution < -0.4 is 16.0 Å². The number of rotatable bonds is 3. The molecule has 1 aromatic carbocycles. The van der Waals surface area contributed by atoms with Crippen LogP contribution in [0.15, 0.2) is 18.2 Å². The Balaban J connectivity index is 2.29. The molecule has 3 N–H and O–H groups in total. The van der Waals surface area contributed by atoms with E-state index in [1.54, 1.807) is 12.1 Å². The molecule has 1 heterocycles. The molecule has 0 aromatic heterocycles. The summed E-state index contributed by atoms with van der Waals surface area (Å²) in [6, 6.07) is 4.43. The standard InChI is InChI=1S/C14H18N4O3S/c1-9-4-6-17(7-5-9)11-3-2-10(8-12(11)18(20)21)13(19)16-14(15)22/h2-3,8-9H,4-7H2,1H3,(H3,15,16,19,22). The molecule has 7 nitrogen and oxygen atoms in total. The fraction of sp³-hybridized carbons (Fsp3) is 0.429. The van der Waals surface area contributed by atoms with Gasteiger partial charge in [-0.05, 0) is 43.1 Å². The molecule has 118 valence electrons. The average molecular weight is 322 g/mol. The van der Waals surface area contributed by atoms with Crippen LogP contribution in [-0.2, 0) is 0 Å². The lowest BCUT2D eigenvalue weighted by Gasteiger charge is -2.31. The third-order valence-corrected chi connectivity index (χ3v) is 3.90. The molecule has 0 spiro atoms. The molecule has 0 bridgehead atoms. The van der Waals surface area contributed by atoms with Gasteiger partial charge in [0.25, 0.3) is 11.6 Å². The molecular weight excluding hydrogens is 304 g/mol. The largest absolute Gasteiger partial charge is 0.376 e. The van der Waals surface area contributed by atoms with Crippen molar-refractivity contribution in [3.63, 3.8) is 0 Å². The van der Waals surface area contributed by atoms with Gasteiger partial charge in [0.05, 0.1) is 4.92 Å². The Kier molecular flexibility index (Phi) is 4.92. The molecule has 0 saturated carbocycles. The maximum Gasteiger partial charge on any atom is 0.293 e. The van der Waals surface area contributed by atoms with Gasteiger partial charge in [0, 0.05) is 24.7 Å². The second-order valence-corrected chi connectivity index (χ2v) is 5.89. The first kappa shape index (κ1) is 16.2. The van der Waals surface area contributed by atoms with Crippen LogP contribution in [0.5, 0.6) is 0 Å². The molecule has 2 rings (SSSR count). The van der Waals surface area contributed by atoms with E-state index < -0.39 is 10.8 Å². The van der Waals surface area contributed by atoms with Gasteiger partial charge in [-0.15, -0.1) is 0 Å². The van der Waals surface area contributed by atoms with Crippen molar-refractivity contribution in [2.75, 3.05) is 18.0 Å². The summed E-state index contributed by atoms with van der Waals surface area (Å²) in [5, 5.41) is 13.4. The van der Waals surface area contributed by atoms with Crippen molar-refractivity contribution < 1.29 is 9.72 Å². The average Bonchev–Trinajstić information content (AvgIpc) is 2.46. The van der Waals surface area contributed by atoms with Gasteiger partial charge < -0.3 is 10.6 Å². The minimum Gasteiger partial charge on any atom is -0.376 e. The minimum absolute atomic E-state index is 0.0786. The summed E-state index contributed by atoms with van der Waals surface area (Å²) in [6.45, 7) is 3.73. The number of benzene rings is 1. The lowest BCUT2D eigenvalue weighted by Crippen LogP contribution is -2.35. The highest BCUT2D eigenvalue weighted by Gasteiger charge is 2.24. The van der Waals surface area contributed by atoms with Crippen LogP contribution in [-0.4, -0.2) is 29.0 Å². The second-order valence-electron chi connectivity index (χ2n) is 5.45. The van der Waals surface area contributed by atoms with Crippen LogP contribution in [0.1, 0.15) is 30.1 Å². The first-order valence-corrected chi connectivity index (χ1v) is 7.43. The molecular formula is C14H18N4O3S. The molecule has 0 atom stereocenters. The van der Waals surface area contributed by atoms with E-state index in [0.717, 1.165) is 25.9 Å². The zero-order valence-corrected chi connectivity index (χ0v) is 13.1. The number of anilines is 1. The number of carbonyl (C=O) groups excluding carboxylic acids is 1. The molecule has 22 heavy (non-hydrogen) atoms. The summed E-state index contributed by atoms with van der Waals surface area (Å²) in [5.41, 5.74) is 5.87. The number of hydrogen-bond donors (Lipinski definition) is 2. The number of nitrogens with one attached hydrogen (secondary N) is 1. The number of nitrogens with two attached hydrogens (primary N) is 1. The smallest absolute Gasteiger partial charge is 0.293 e. The maximum atomic E-state index is 11.8. The predicted molar refractivity (Wildman–Crippen MR) is 88.0 cm³/mol. The first-order valence-electron chi connectivity index (χ1n) is 7.02. The molecule has 0 radical (unpaired) electrons. The molecule has 8 heteroatoms. The fourth-order valence-electron chi connectivity index (χ4n) is 2.51. The number of nitrogens with zero attached hydrogens (tertiary/aromatic N) is 2. The molecule has 1 aromatic rings. The molecule has 1 amide bonds. The van der Waals surface area contributed by atoms with Crippen LogP contribution >= 0.6 is 12.2 Å². The van der Waals surface area contributed by atoms with Gasteiger partial charge in [-0.25, -0.2) is 0 Å². The monoisotopic (exact) mass is 322 g/mol. The maximum absolute atomic E-state index is 11.8. The van der Waals surface area contributed by atoms with Gasteiger partial charge in [-0.3, -0.25) is 20.2 Å². The van der Waals surface area contributed by atoms with Crippen molar-refractivity contribution in [2.45, 2.75) is 19.8 Å². The quantitative estimate of drug-likeness (QED) is 0.500. The SMILES string of the molecule is CC1CCN(c2ccc(C(=O)NC(N)=S)cc2[N+](=O)[O-])CC1. The number of piperidine rings is 1. The van der Waals surface area contributed by atoms with Crippen molar-refractivity contribution in [3.8, 4) is 0 Å². The van der Waals surface area contributed by atoms with E-state index in [2.05, 4.69) is 24.5 Å². The zero-order valence-electron chi connectivity index (χ0n) is 12.2. The highest BCUT2D eigenvalue weighted by molar-refractivity contribution is 7.80. The lowest BCUT2D eigenvalue weighted by atomic mass is 9.98. The molecule has 0 aliphatic carbocycles. The molecule has 0 unspecified atom stereocenters. The summed E-state index contributed by atoms with van der Waals surface area (Å²) in [4.78, 5) is 24.7. The Morgan fingerprint density at radius 3 is 2.64 bits per heavy atom. The van der Waals surface area contributed by atoms with Gasteiger partial charge >= 0.3 is 0 Å². The van der Waals surface area contributed by atoms with E-state index in [1.807, 2.05) is 4.90 Å². The summed E-state index contributed by atoms with van der Waals surface area (Å²) in [5.74, 6) is 0.0836. The van der Waals surface area contributed by atoms with Gasteiger partial charge in [-0.2, -0.15) is 0 Å². The van der Waals surface area contributed by atoms with E-state index >= 15 is 0 Å². The number of hydrogen-bond acceptors (Lipinski definition) is 5. The third kappa shape index (κ3) is 3.70. The minimum atomic E-state index is -0.547. The van der Waals surface area contributed by atoms with Crippen LogP contribution in [0.3, 0.4) is 0 Å². The van der Waals surface area contributed by atoms with Crippen molar-refractivity contribution in [2.24, 2.45) is 11.7 Å². The number of nitro benzene ring substituents is 1. The molecule has 1 fully saturated rings. The van der Waals surface area contributed by atoms with E-state index in [4.69, 9.17) is 5.73 Å². The van der Waals surface area contributed by atoms with Crippen molar-refractivity contribution >= 4 is 34.6 Å². The van der Waals surface area contributed by atoms with E-state index in [9.17, 15) is 14.9 Å². The van der Waals surface area contributed by atoms with Gasteiger partial charge in [0.2, 0.25) is 0 Å². The summed E-state index contributed by atoms with van der Waals surface area (Å²) >= 11 is 4.60. The summed E-state index contributed by atoms with van der Waals surface area (Å²) in [7, 11) is 0. The lowest BCUT2D eigenvalue weighted by molar-refractivity contribution is -0.384. The highest BCUT2D eigenvalue weighted by Crippen LogP contribution is 2.32.